The Labute approximate surface area is 307 Å². The molecular formula is C39H37N2O13+. The number of allylic oxidation sites excluding steroid dienone is 1. The molecule has 4 heterocycles. The average Bonchev–Trinajstić information content (AvgIpc) is 3.72. The van der Waals surface area contributed by atoms with Gasteiger partial charge in [0.1, 0.15) is 60.8 Å². The lowest BCUT2D eigenvalue weighted by Crippen LogP contribution is -3.09. The number of nitrogens with zero attached hydrogens (tertiary/aromatic N) is 1. The van der Waals surface area contributed by atoms with E-state index in [-0.39, 0.29) is 40.0 Å². The molecule has 15 heteroatoms. The van der Waals surface area contributed by atoms with Crippen LogP contribution in [-0.2, 0) is 23.9 Å². The average molecular weight is 742 g/mol. The van der Waals surface area contributed by atoms with Gasteiger partial charge in [0.05, 0.1) is 17.6 Å². The van der Waals surface area contributed by atoms with Crippen molar-refractivity contribution in [3.63, 3.8) is 0 Å². The smallest absolute Gasteiger partial charge is 0.317 e. The van der Waals surface area contributed by atoms with Crippen molar-refractivity contribution < 1.29 is 63.7 Å². The fourth-order valence-corrected chi connectivity index (χ4v) is 6.91. The number of carboxylic acids is 1. The first-order chi connectivity index (χ1) is 25.8. The molecular weight excluding hydrogens is 704 g/mol. The molecule has 1 aromatic heterocycles. The Bertz CT molecular complexity index is 2260. The van der Waals surface area contributed by atoms with E-state index >= 15 is 0 Å². The van der Waals surface area contributed by atoms with Crippen LogP contribution in [0.5, 0.6) is 11.5 Å². The van der Waals surface area contributed by atoms with Crippen LogP contribution in [0.4, 0.5) is 0 Å². The largest absolute Gasteiger partial charge is 0.508 e. The second-order valence-corrected chi connectivity index (χ2v) is 13.4. The Morgan fingerprint density at radius 1 is 1.04 bits per heavy atom. The van der Waals surface area contributed by atoms with Gasteiger partial charge < -0.3 is 44.2 Å². The minimum atomic E-state index is -2.49. The van der Waals surface area contributed by atoms with Gasteiger partial charge in [-0.25, -0.2) is 4.99 Å². The number of aliphatic carboxylic acids is 1. The van der Waals surface area contributed by atoms with E-state index in [4.69, 9.17) is 28.6 Å². The van der Waals surface area contributed by atoms with E-state index in [1.165, 1.54) is 36.6 Å². The van der Waals surface area contributed by atoms with Crippen LogP contribution in [0.1, 0.15) is 23.1 Å². The van der Waals surface area contributed by atoms with E-state index < -0.39 is 61.8 Å². The number of nitrogens with one attached hydrogen (secondary N) is 1. The van der Waals surface area contributed by atoms with Crippen LogP contribution in [0, 0.1) is 13.8 Å². The minimum Gasteiger partial charge on any atom is -0.508 e. The number of aryl methyl sites for hydroxylation is 2. The monoisotopic (exact) mass is 741 g/mol. The summed E-state index contributed by atoms with van der Waals surface area (Å²) >= 11 is 0. The van der Waals surface area contributed by atoms with E-state index in [0.717, 1.165) is 22.3 Å². The molecule has 15 nitrogen and oxygen atoms in total. The third kappa shape index (κ3) is 7.03. The highest BCUT2D eigenvalue weighted by atomic mass is 16.8. The summed E-state index contributed by atoms with van der Waals surface area (Å²) in [4.78, 5) is 47.7. The van der Waals surface area contributed by atoms with Crippen molar-refractivity contribution in [2.75, 3.05) is 19.8 Å². The molecule has 4 aromatic rings. The summed E-state index contributed by atoms with van der Waals surface area (Å²) in [6.07, 6.45) is -2.84. The molecule has 54 heavy (non-hydrogen) atoms. The molecule has 3 aromatic carbocycles. The summed E-state index contributed by atoms with van der Waals surface area (Å²) in [6.45, 7) is 2.39. The Hall–Kier alpha value is -5.68. The number of quaternary nitrogens is 1. The minimum absolute atomic E-state index is 0.0390. The number of hydroxylamine groups is 2. The summed E-state index contributed by atoms with van der Waals surface area (Å²) < 4.78 is 23.2. The van der Waals surface area contributed by atoms with Crippen LogP contribution in [0.15, 0.2) is 98.5 Å². The van der Waals surface area contributed by atoms with Gasteiger partial charge >= 0.3 is 11.9 Å². The summed E-state index contributed by atoms with van der Waals surface area (Å²) in [5, 5.41) is 53.4. The first-order valence-corrected chi connectivity index (χ1v) is 17.0. The number of hydrogen-bond donors (Lipinski definition) is 6. The Morgan fingerprint density at radius 2 is 1.78 bits per heavy atom. The number of phenolic OH excluding ortho intramolecular Hbond substituents is 1. The first kappa shape index (κ1) is 36.7. The predicted octanol–water partition coefficient (Wildman–Crippen LogP) is 1.57. The Balaban J connectivity index is 1.24. The summed E-state index contributed by atoms with van der Waals surface area (Å²) in [5.41, 5.74) is 2.99. The standard InChI is InChI=1S/C39H36N2O13/c1-20-11-21(2)13-24(12-20)34-33-23(9-10-40-33)16-41(34)54-37-38(53-30(36(48)39(37,49)19-42)18-51-32(46)15-31(44)45)52-26-7-8-27-29(14-26)50-17-28(35(27)47)22-3-5-25(43)6-4-22/h3-14,17,30,36-38,42-43,48-49H,15-16,18-19H2,1-2H3,(H,44,45)/p+1. The molecule has 0 amide bonds. The highest BCUT2D eigenvalue weighted by Crippen LogP contribution is 2.36. The molecule has 3 aliphatic rings. The molecule has 7 rings (SSSR count). The number of benzene rings is 3. The summed E-state index contributed by atoms with van der Waals surface area (Å²) in [5.74, 6) is -2.44. The molecule has 1 fully saturated rings. The van der Waals surface area contributed by atoms with Crippen LogP contribution in [0.2, 0.25) is 0 Å². The Morgan fingerprint density at radius 3 is 2.48 bits per heavy atom. The normalized spacial score (nSPS) is 24.8. The van der Waals surface area contributed by atoms with Crippen LogP contribution >= 0.6 is 0 Å². The van der Waals surface area contributed by atoms with Gasteiger partial charge in [-0.15, -0.1) is 0 Å². The van der Waals surface area contributed by atoms with Crippen molar-refractivity contribution in [3.05, 3.63) is 111 Å². The number of aliphatic imine (C=N–C) groups is 1. The molecule has 280 valence electrons. The number of rotatable bonds is 11. The number of aliphatic hydroxyl groups excluding tert-OH is 2. The maximum Gasteiger partial charge on any atom is 0.317 e. The number of aliphatic hydroxyl groups is 3. The molecule has 6 N–H and O–H groups in total. The number of aromatic hydroxyl groups is 1. The highest BCUT2D eigenvalue weighted by molar-refractivity contribution is 5.90. The highest BCUT2D eigenvalue weighted by Gasteiger charge is 2.60. The van der Waals surface area contributed by atoms with Gasteiger partial charge in [-0.05, 0) is 61.9 Å². The maximum atomic E-state index is 13.4. The molecule has 1 saturated heterocycles. The number of esters is 1. The van der Waals surface area contributed by atoms with E-state index in [1.807, 2.05) is 38.1 Å². The number of carbonyl (C=O) groups excluding carboxylic acids is 1. The summed E-state index contributed by atoms with van der Waals surface area (Å²) in [6, 6.07) is 16.3. The number of fused-ring (bicyclic) bond motifs is 2. The second kappa shape index (κ2) is 14.6. The SMILES string of the molecule is Cc1cc(C)cc(C2=C3N=CC=C3C[NH+]2OC2C(Oc3ccc4c(=O)c(-c5ccc(O)cc5)coc4c3)OC(COC(=O)CC(=O)O)C(O)C2(O)CO)c1. The predicted molar refractivity (Wildman–Crippen MR) is 190 cm³/mol. The zero-order valence-electron chi connectivity index (χ0n) is 29.1. The number of hydrogen-bond acceptors (Lipinski definition) is 13. The van der Waals surface area contributed by atoms with Crippen molar-refractivity contribution in [1.29, 1.82) is 0 Å². The van der Waals surface area contributed by atoms with E-state index in [9.17, 15) is 34.8 Å². The van der Waals surface area contributed by atoms with Gasteiger partial charge in [0.2, 0.25) is 12.4 Å². The third-order valence-corrected chi connectivity index (χ3v) is 9.48. The van der Waals surface area contributed by atoms with Crippen LogP contribution in [-0.4, -0.2) is 93.6 Å². The van der Waals surface area contributed by atoms with Crippen molar-refractivity contribution in [3.8, 4) is 22.6 Å². The van der Waals surface area contributed by atoms with Gasteiger partial charge in [-0.1, -0.05) is 29.3 Å². The second-order valence-electron chi connectivity index (χ2n) is 13.4. The zero-order chi connectivity index (χ0) is 38.3. The van der Waals surface area contributed by atoms with Crippen LogP contribution in [0.3, 0.4) is 0 Å². The number of phenols is 1. The molecule has 6 atom stereocenters. The zero-order valence-corrected chi connectivity index (χ0v) is 29.1. The molecule has 3 aliphatic heterocycles. The van der Waals surface area contributed by atoms with Gasteiger partial charge in [0.25, 0.3) is 0 Å². The number of carbonyl (C=O) groups is 2. The lowest BCUT2D eigenvalue weighted by atomic mass is 9.84. The van der Waals surface area contributed by atoms with E-state index in [2.05, 4.69) is 4.99 Å². The van der Waals surface area contributed by atoms with Gasteiger partial charge in [-0.3, -0.25) is 14.4 Å². The molecule has 0 saturated carbocycles. The van der Waals surface area contributed by atoms with Crippen molar-refractivity contribution in [1.82, 2.24) is 0 Å². The lowest BCUT2D eigenvalue weighted by Gasteiger charge is -2.47. The number of ether oxygens (including phenoxy) is 3. The van der Waals surface area contributed by atoms with Crippen molar-refractivity contribution in [2.45, 2.75) is 50.5 Å². The van der Waals surface area contributed by atoms with E-state index in [1.54, 1.807) is 18.3 Å². The fourth-order valence-electron chi connectivity index (χ4n) is 6.91. The van der Waals surface area contributed by atoms with Crippen molar-refractivity contribution in [2.24, 2.45) is 4.99 Å². The van der Waals surface area contributed by atoms with Gasteiger partial charge in [0, 0.05) is 23.4 Å². The van der Waals surface area contributed by atoms with Crippen molar-refractivity contribution >= 4 is 34.8 Å². The fraction of sp³-hybridized carbons (Fsp3) is 0.282. The molecule has 0 spiro atoms. The molecule has 6 unspecified atom stereocenters. The quantitative estimate of drug-likeness (QED) is 0.0951. The van der Waals surface area contributed by atoms with Crippen LogP contribution in [0.25, 0.3) is 27.8 Å². The Kier molecular flexibility index (Phi) is 9.93. The third-order valence-electron chi connectivity index (χ3n) is 9.48. The number of carboxylic acid groups (broad SMARTS) is 1. The van der Waals surface area contributed by atoms with Gasteiger partial charge in [-0.2, -0.15) is 9.90 Å². The lowest BCUT2D eigenvalue weighted by molar-refractivity contribution is -1.04. The maximum absolute atomic E-state index is 13.4. The topological polar surface area (TPSA) is 219 Å². The molecule has 0 aliphatic carbocycles. The van der Waals surface area contributed by atoms with E-state index in [0.29, 0.717) is 22.0 Å². The first-order valence-electron chi connectivity index (χ1n) is 17.0. The molecule has 0 bridgehead atoms. The summed E-state index contributed by atoms with van der Waals surface area (Å²) in [7, 11) is 0. The van der Waals surface area contributed by atoms with Crippen LogP contribution < -0.4 is 15.2 Å². The molecule has 0 radical (unpaired) electrons. The van der Waals surface area contributed by atoms with Gasteiger partial charge in [0.15, 0.2) is 16.7 Å².